The van der Waals surface area contributed by atoms with Gasteiger partial charge in [0.05, 0.1) is 19.6 Å². The SMILES string of the molecule is COC(=O)C[C@@H](NC(=O)C1CCOCC1)c1ccccc1. The summed E-state index contributed by atoms with van der Waals surface area (Å²) in [6.45, 7) is 1.23. The largest absolute Gasteiger partial charge is 0.469 e. The van der Waals surface area contributed by atoms with Gasteiger partial charge in [-0.3, -0.25) is 9.59 Å². The lowest BCUT2D eigenvalue weighted by molar-refractivity contribution is -0.141. The van der Waals surface area contributed by atoms with Gasteiger partial charge in [0.1, 0.15) is 0 Å². The average molecular weight is 291 g/mol. The molecule has 0 saturated carbocycles. The molecule has 1 aromatic rings. The highest BCUT2D eigenvalue weighted by atomic mass is 16.5. The van der Waals surface area contributed by atoms with Crippen LogP contribution in [0, 0.1) is 5.92 Å². The van der Waals surface area contributed by atoms with Crippen LogP contribution in [0.2, 0.25) is 0 Å². The minimum absolute atomic E-state index is 0.0175. The lowest BCUT2D eigenvalue weighted by Gasteiger charge is -2.25. The van der Waals surface area contributed by atoms with Gasteiger partial charge in [0.25, 0.3) is 0 Å². The molecule has 0 aliphatic carbocycles. The van der Waals surface area contributed by atoms with Crippen molar-refractivity contribution in [2.45, 2.75) is 25.3 Å². The van der Waals surface area contributed by atoms with Gasteiger partial charge in [0.15, 0.2) is 0 Å². The Bertz CT molecular complexity index is 468. The van der Waals surface area contributed by atoms with Gasteiger partial charge in [-0.1, -0.05) is 30.3 Å². The lowest BCUT2D eigenvalue weighted by atomic mass is 9.97. The van der Waals surface area contributed by atoms with Crippen LogP contribution in [0.5, 0.6) is 0 Å². The lowest BCUT2D eigenvalue weighted by Crippen LogP contribution is -2.37. The minimum atomic E-state index is -0.353. The number of esters is 1. The zero-order valence-electron chi connectivity index (χ0n) is 12.2. The summed E-state index contributed by atoms with van der Waals surface area (Å²) in [6, 6.07) is 9.13. The standard InChI is InChI=1S/C16H21NO4/c1-20-15(18)11-14(12-5-3-2-4-6-12)17-16(19)13-7-9-21-10-8-13/h2-6,13-14H,7-11H2,1H3,(H,17,19)/t14-/m1/s1. The number of hydrogen-bond acceptors (Lipinski definition) is 4. The van der Waals surface area contributed by atoms with Gasteiger partial charge in [0, 0.05) is 19.1 Å². The molecule has 0 bridgehead atoms. The fourth-order valence-corrected chi connectivity index (χ4v) is 2.44. The van der Waals surface area contributed by atoms with Crippen LogP contribution >= 0.6 is 0 Å². The highest BCUT2D eigenvalue weighted by Crippen LogP contribution is 2.20. The van der Waals surface area contributed by atoms with E-state index in [9.17, 15) is 9.59 Å². The van der Waals surface area contributed by atoms with Crippen LogP contribution in [0.25, 0.3) is 0 Å². The van der Waals surface area contributed by atoms with Crippen molar-refractivity contribution in [2.75, 3.05) is 20.3 Å². The number of amides is 1. The number of nitrogens with one attached hydrogen (secondary N) is 1. The fourth-order valence-electron chi connectivity index (χ4n) is 2.44. The van der Waals surface area contributed by atoms with Crippen LogP contribution in [-0.2, 0) is 19.1 Å². The number of ether oxygens (including phenoxy) is 2. The van der Waals surface area contributed by atoms with E-state index in [1.54, 1.807) is 0 Å². The van der Waals surface area contributed by atoms with Crippen molar-refractivity contribution in [2.24, 2.45) is 5.92 Å². The number of carbonyl (C=O) groups is 2. The summed E-state index contributed by atoms with van der Waals surface area (Å²) in [5, 5.41) is 2.97. The molecule has 1 aliphatic rings. The third-order valence-electron chi connectivity index (χ3n) is 3.71. The first kappa shape index (κ1) is 15.5. The summed E-state index contributed by atoms with van der Waals surface area (Å²) in [7, 11) is 1.35. The van der Waals surface area contributed by atoms with E-state index in [2.05, 4.69) is 5.32 Å². The molecule has 1 amide bonds. The molecule has 0 radical (unpaired) electrons. The van der Waals surface area contributed by atoms with Crippen LogP contribution in [0.15, 0.2) is 30.3 Å². The second-order valence-electron chi connectivity index (χ2n) is 5.14. The predicted octanol–water partition coefficient (Wildman–Crippen LogP) is 1.83. The third kappa shape index (κ3) is 4.56. The normalized spacial score (nSPS) is 17.0. The topological polar surface area (TPSA) is 64.6 Å². The van der Waals surface area contributed by atoms with Gasteiger partial charge in [-0.2, -0.15) is 0 Å². The first-order valence-electron chi connectivity index (χ1n) is 7.20. The number of carbonyl (C=O) groups excluding carboxylic acids is 2. The fraction of sp³-hybridized carbons (Fsp3) is 0.500. The van der Waals surface area contributed by atoms with Gasteiger partial charge >= 0.3 is 5.97 Å². The Morgan fingerprint density at radius 1 is 1.29 bits per heavy atom. The Morgan fingerprint density at radius 3 is 2.57 bits per heavy atom. The van der Waals surface area contributed by atoms with Gasteiger partial charge in [-0.05, 0) is 18.4 Å². The number of hydrogen-bond donors (Lipinski definition) is 1. The van der Waals surface area contributed by atoms with Crippen molar-refractivity contribution >= 4 is 11.9 Å². The van der Waals surface area contributed by atoms with E-state index in [0.717, 1.165) is 18.4 Å². The van der Waals surface area contributed by atoms with Crippen molar-refractivity contribution in [3.8, 4) is 0 Å². The summed E-state index contributed by atoms with van der Waals surface area (Å²) in [5.41, 5.74) is 0.906. The maximum absolute atomic E-state index is 12.3. The summed E-state index contributed by atoms with van der Waals surface area (Å²) in [4.78, 5) is 23.9. The van der Waals surface area contributed by atoms with Gasteiger partial charge in [-0.25, -0.2) is 0 Å². The molecule has 21 heavy (non-hydrogen) atoms. The van der Waals surface area contributed by atoms with Crippen LogP contribution in [0.4, 0.5) is 0 Å². The van der Waals surface area contributed by atoms with E-state index >= 15 is 0 Å². The molecule has 1 aliphatic heterocycles. The number of rotatable bonds is 5. The monoisotopic (exact) mass is 291 g/mol. The molecule has 0 aromatic heterocycles. The minimum Gasteiger partial charge on any atom is -0.469 e. The van der Waals surface area contributed by atoms with E-state index in [1.165, 1.54) is 7.11 Å². The van der Waals surface area contributed by atoms with Crippen LogP contribution in [0.1, 0.15) is 30.9 Å². The Kier molecular flexibility index (Phi) is 5.75. The summed E-state index contributed by atoms with van der Waals surface area (Å²) in [6.07, 6.45) is 1.59. The molecule has 0 unspecified atom stereocenters. The molecule has 1 fully saturated rings. The summed E-state index contributed by atoms with van der Waals surface area (Å²) in [5.74, 6) is -0.394. The van der Waals surface area contributed by atoms with Gasteiger partial charge in [-0.15, -0.1) is 0 Å². The molecule has 2 rings (SSSR count). The van der Waals surface area contributed by atoms with Crippen molar-refractivity contribution in [3.05, 3.63) is 35.9 Å². The number of benzene rings is 1. The molecule has 5 heteroatoms. The first-order valence-corrected chi connectivity index (χ1v) is 7.20. The van der Waals surface area contributed by atoms with Crippen molar-refractivity contribution < 1.29 is 19.1 Å². The quantitative estimate of drug-likeness (QED) is 0.841. The molecule has 1 heterocycles. The Morgan fingerprint density at radius 2 is 1.95 bits per heavy atom. The highest BCUT2D eigenvalue weighted by Gasteiger charge is 2.25. The molecular formula is C16H21NO4. The Balaban J connectivity index is 2.04. The van der Waals surface area contributed by atoms with Gasteiger partial charge < -0.3 is 14.8 Å². The third-order valence-corrected chi connectivity index (χ3v) is 3.71. The second-order valence-corrected chi connectivity index (χ2v) is 5.14. The van der Waals surface area contributed by atoms with Gasteiger partial charge in [0.2, 0.25) is 5.91 Å². The predicted molar refractivity (Wildman–Crippen MR) is 77.5 cm³/mol. The second kappa shape index (κ2) is 7.78. The smallest absolute Gasteiger partial charge is 0.307 e. The maximum atomic E-state index is 12.3. The van der Waals surface area contributed by atoms with E-state index in [-0.39, 0.29) is 30.3 Å². The van der Waals surface area contributed by atoms with Crippen LogP contribution in [0.3, 0.4) is 0 Å². The first-order chi connectivity index (χ1) is 10.2. The van der Waals surface area contributed by atoms with E-state index in [4.69, 9.17) is 9.47 Å². The molecule has 0 spiro atoms. The molecule has 1 atom stereocenters. The molecule has 1 N–H and O–H groups in total. The Labute approximate surface area is 124 Å². The summed E-state index contributed by atoms with van der Waals surface area (Å²) >= 11 is 0. The molecule has 1 aromatic carbocycles. The van der Waals surface area contributed by atoms with Crippen molar-refractivity contribution in [1.82, 2.24) is 5.32 Å². The molecule has 5 nitrogen and oxygen atoms in total. The highest BCUT2D eigenvalue weighted by molar-refractivity contribution is 5.80. The molecule has 114 valence electrons. The molecular weight excluding hydrogens is 270 g/mol. The van der Waals surface area contributed by atoms with E-state index < -0.39 is 0 Å². The van der Waals surface area contributed by atoms with E-state index in [0.29, 0.717) is 13.2 Å². The summed E-state index contributed by atoms with van der Waals surface area (Å²) < 4.78 is 9.99. The average Bonchev–Trinajstić information content (AvgIpc) is 2.55. The Hall–Kier alpha value is -1.88. The van der Waals surface area contributed by atoms with Crippen LogP contribution in [-0.4, -0.2) is 32.2 Å². The van der Waals surface area contributed by atoms with Crippen molar-refractivity contribution in [3.63, 3.8) is 0 Å². The number of methoxy groups -OCH3 is 1. The van der Waals surface area contributed by atoms with Crippen LogP contribution < -0.4 is 5.32 Å². The van der Waals surface area contributed by atoms with E-state index in [1.807, 2.05) is 30.3 Å². The molecule has 1 saturated heterocycles. The zero-order valence-corrected chi connectivity index (χ0v) is 12.2. The zero-order chi connectivity index (χ0) is 15.1. The van der Waals surface area contributed by atoms with Crippen molar-refractivity contribution in [1.29, 1.82) is 0 Å². The maximum Gasteiger partial charge on any atom is 0.307 e.